The number of hydrogen-bond acceptors (Lipinski definition) is 5. The summed E-state index contributed by atoms with van der Waals surface area (Å²) < 4.78 is 5.37. The number of methoxy groups -OCH3 is 1. The molecule has 1 heterocycles. The van der Waals surface area contributed by atoms with Gasteiger partial charge in [0.1, 0.15) is 11.6 Å². The summed E-state index contributed by atoms with van der Waals surface area (Å²) >= 11 is 12.1. The molecule has 26 heavy (non-hydrogen) atoms. The Morgan fingerprint density at radius 2 is 1.85 bits per heavy atom. The van der Waals surface area contributed by atoms with Crippen LogP contribution < -0.4 is 15.4 Å². The van der Waals surface area contributed by atoms with E-state index in [1.165, 1.54) is 0 Å². The smallest absolute Gasteiger partial charge is 0.229 e. The topological polar surface area (TPSA) is 59.1 Å². The first-order valence-corrected chi connectivity index (χ1v) is 8.74. The quantitative estimate of drug-likeness (QED) is 0.587. The minimum atomic E-state index is 0.455. The van der Waals surface area contributed by atoms with E-state index >= 15 is 0 Å². The lowest BCUT2D eigenvalue weighted by atomic mass is 10.2. The standard InChI is InChI=1S/C19H18Cl2N4O/c1-12-9-18(22-11-13-5-3-4-6-17(13)26-2)25-19(23-12)24-16-8-7-14(20)10-15(16)21/h3-10H,11H2,1-2H3,(H2,22,23,24,25). The Labute approximate surface area is 162 Å². The molecule has 0 radical (unpaired) electrons. The van der Waals surface area contributed by atoms with Gasteiger partial charge in [-0.25, -0.2) is 4.98 Å². The van der Waals surface area contributed by atoms with Crippen molar-refractivity contribution >= 4 is 40.7 Å². The van der Waals surface area contributed by atoms with Crippen molar-refractivity contribution in [3.05, 3.63) is 69.8 Å². The van der Waals surface area contributed by atoms with Crippen molar-refractivity contribution in [1.29, 1.82) is 0 Å². The lowest BCUT2D eigenvalue weighted by molar-refractivity contribution is 0.410. The van der Waals surface area contributed by atoms with E-state index in [4.69, 9.17) is 27.9 Å². The summed E-state index contributed by atoms with van der Waals surface area (Å²) in [5, 5.41) is 7.50. The predicted octanol–water partition coefficient (Wildman–Crippen LogP) is 5.46. The third-order valence-electron chi connectivity index (χ3n) is 3.68. The van der Waals surface area contributed by atoms with Crippen molar-refractivity contribution < 1.29 is 4.74 Å². The molecule has 3 aromatic rings. The molecule has 0 saturated heterocycles. The highest BCUT2D eigenvalue weighted by molar-refractivity contribution is 6.36. The van der Waals surface area contributed by atoms with Crippen LogP contribution >= 0.6 is 23.2 Å². The summed E-state index contributed by atoms with van der Waals surface area (Å²) in [6.45, 7) is 2.49. The first-order valence-electron chi connectivity index (χ1n) is 7.98. The van der Waals surface area contributed by atoms with Crippen LogP contribution in [0.1, 0.15) is 11.3 Å². The summed E-state index contributed by atoms with van der Waals surface area (Å²) in [5.74, 6) is 1.99. The van der Waals surface area contributed by atoms with E-state index in [9.17, 15) is 0 Å². The predicted molar refractivity (Wildman–Crippen MR) is 107 cm³/mol. The van der Waals surface area contributed by atoms with Crippen molar-refractivity contribution in [1.82, 2.24) is 9.97 Å². The highest BCUT2D eigenvalue weighted by Crippen LogP contribution is 2.27. The van der Waals surface area contributed by atoms with Crippen LogP contribution in [0.5, 0.6) is 5.75 Å². The first-order chi connectivity index (χ1) is 12.5. The van der Waals surface area contributed by atoms with E-state index in [2.05, 4.69) is 20.6 Å². The Bertz CT molecular complexity index is 918. The van der Waals surface area contributed by atoms with E-state index < -0.39 is 0 Å². The van der Waals surface area contributed by atoms with E-state index in [1.54, 1.807) is 25.3 Å². The Kier molecular flexibility index (Phi) is 5.81. The van der Waals surface area contributed by atoms with Gasteiger partial charge in [-0.3, -0.25) is 0 Å². The number of rotatable bonds is 6. The zero-order chi connectivity index (χ0) is 18.5. The van der Waals surface area contributed by atoms with E-state index in [-0.39, 0.29) is 0 Å². The van der Waals surface area contributed by atoms with Gasteiger partial charge in [0.2, 0.25) is 5.95 Å². The van der Waals surface area contributed by atoms with Crippen LogP contribution in [0.25, 0.3) is 0 Å². The van der Waals surface area contributed by atoms with Crippen molar-refractivity contribution in [3.8, 4) is 5.75 Å². The van der Waals surface area contributed by atoms with Crippen LogP contribution in [0.2, 0.25) is 10.0 Å². The van der Waals surface area contributed by atoms with Gasteiger partial charge in [0.15, 0.2) is 0 Å². The van der Waals surface area contributed by atoms with Crippen molar-refractivity contribution in [2.24, 2.45) is 0 Å². The van der Waals surface area contributed by atoms with Gasteiger partial charge in [0, 0.05) is 28.9 Å². The molecule has 7 heteroatoms. The Hall–Kier alpha value is -2.50. The van der Waals surface area contributed by atoms with E-state index in [1.807, 2.05) is 37.3 Å². The summed E-state index contributed by atoms with van der Waals surface area (Å²) in [4.78, 5) is 8.90. The number of ether oxygens (including phenoxy) is 1. The molecule has 1 aromatic heterocycles. The van der Waals surface area contributed by atoms with Crippen LogP contribution in [0.15, 0.2) is 48.5 Å². The molecule has 0 spiro atoms. The average molecular weight is 389 g/mol. The fourth-order valence-electron chi connectivity index (χ4n) is 2.46. The number of benzene rings is 2. The number of anilines is 3. The number of para-hydroxylation sites is 1. The molecule has 0 amide bonds. The number of aromatic nitrogens is 2. The lowest BCUT2D eigenvalue weighted by Crippen LogP contribution is -2.06. The molecular weight excluding hydrogens is 371 g/mol. The SMILES string of the molecule is COc1ccccc1CNc1cc(C)nc(Nc2ccc(Cl)cc2Cl)n1. The first kappa shape index (κ1) is 18.3. The summed E-state index contributed by atoms with van der Waals surface area (Å²) in [6, 6.07) is 14.9. The molecule has 0 fully saturated rings. The second-order valence-corrected chi connectivity index (χ2v) is 6.48. The summed E-state index contributed by atoms with van der Waals surface area (Å²) in [6.07, 6.45) is 0. The zero-order valence-electron chi connectivity index (χ0n) is 14.4. The minimum absolute atomic E-state index is 0.455. The van der Waals surface area contributed by atoms with Crippen LogP contribution in [0.3, 0.4) is 0 Å². The summed E-state index contributed by atoms with van der Waals surface area (Å²) in [7, 11) is 1.66. The molecule has 0 unspecified atom stereocenters. The normalized spacial score (nSPS) is 10.5. The molecule has 134 valence electrons. The third kappa shape index (κ3) is 4.56. The third-order valence-corrected chi connectivity index (χ3v) is 4.23. The van der Waals surface area contributed by atoms with Crippen molar-refractivity contribution in [2.75, 3.05) is 17.7 Å². The number of hydrogen-bond donors (Lipinski definition) is 2. The van der Waals surface area contributed by atoms with Gasteiger partial charge in [-0.15, -0.1) is 0 Å². The van der Waals surface area contributed by atoms with Gasteiger partial charge in [0.05, 0.1) is 17.8 Å². The molecule has 0 saturated carbocycles. The van der Waals surface area contributed by atoms with E-state index in [0.29, 0.717) is 34.0 Å². The van der Waals surface area contributed by atoms with Crippen LogP contribution in [-0.2, 0) is 6.54 Å². The van der Waals surface area contributed by atoms with Crippen LogP contribution in [0.4, 0.5) is 17.5 Å². The second kappa shape index (κ2) is 8.25. The summed E-state index contributed by atoms with van der Waals surface area (Å²) in [5.41, 5.74) is 2.56. The molecule has 0 bridgehead atoms. The number of nitrogens with zero attached hydrogens (tertiary/aromatic N) is 2. The number of aryl methyl sites for hydroxylation is 1. The second-order valence-electron chi connectivity index (χ2n) is 5.63. The number of halogens is 2. The maximum Gasteiger partial charge on any atom is 0.229 e. The van der Waals surface area contributed by atoms with Crippen LogP contribution in [-0.4, -0.2) is 17.1 Å². The van der Waals surface area contributed by atoms with Gasteiger partial charge in [-0.2, -0.15) is 4.98 Å². The molecule has 0 aliphatic rings. The van der Waals surface area contributed by atoms with Crippen molar-refractivity contribution in [2.45, 2.75) is 13.5 Å². The highest BCUT2D eigenvalue weighted by Gasteiger charge is 2.07. The number of nitrogens with one attached hydrogen (secondary N) is 2. The Morgan fingerprint density at radius 1 is 1.04 bits per heavy atom. The fourth-order valence-corrected chi connectivity index (χ4v) is 2.92. The zero-order valence-corrected chi connectivity index (χ0v) is 15.9. The van der Waals surface area contributed by atoms with Gasteiger partial charge >= 0.3 is 0 Å². The van der Waals surface area contributed by atoms with Crippen LogP contribution in [0, 0.1) is 6.92 Å². The van der Waals surface area contributed by atoms with Crippen molar-refractivity contribution in [3.63, 3.8) is 0 Å². The highest BCUT2D eigenvalue weighted by atomic mass is 35.5. The van der Waals surface area contributed by atoms with Gasteiger partial charge < -0.3 is 15.4 Å². The lowest BCUT2D eigenvalue weighted by Gasteiger charge is -2.12. The molecule has 5 nitrogen and oxygen atoms in total. The van der Waals surface area contributed by atoms with Gasteiger partial charge in [-0.05, 0) is 31.2 Å². The minimum Gasteiger partial charge on any atom is -0.496 e. The van der Waals surface area contributed by atoms with Gasteiger partial charge in [-0.1, -0.05) is 41.4 Å². The molecule has 0 aliphatic heterocycles. The average Bonchev–Trinajstić information content (AvgIpc) is 2.62. The van der Waals surface area contributed by atoms with Gasteiger partial charge in [0.25, 0.3) is 0 Å². The molecule has 3 rings (SSSR count). The Balaban J connectivity index is 1.77. The Morgan fingerprint density at radius 3 is 2.62 bits per heavy atom. The maximum absolute atomic E-state index is 6.20. The molecular formula is C19H18Cl2N4O. The fraction of sp³-hybridized carbons (Fsp3) is 0.158. The molecule has 0 atom stereocenters. The van der Waals surface area contributed by atoms with E-state index in [0.717, 1.165) is 17.0 Å². The molecule has 2 N–H and O–H groups in total. The molecule has 2 aromatic carbocycles. The largest absolute Gasteiger partial charge is 0.496 e. The molecule has 0 aliphatic carbocycles. The monoisotopic (exact) mass is 388 g/mol. The maximum atomic E-state index is 6.20.